The van der Waals surface area contributed by atoms with E-state index in [1.165, 1.54) is 0 Å². The molecule has 112 valence electrons. The standard InChI is InChI=1S/C17H20ClNO2/c1-2-11-20-14-4-6-15(7-5-14)21-17-8-3-13(9-10-19)12-16(17)18/h3-8,12H,2,9-11,19H2,1H3. The fraction of sp³-hybridized carbons (Fsp3) is 0.294. The van der Waals surface area contributed by atoms with Crippen molar-refractivity contribution >= 4 is 11.6 Å². The third-order valence-corrected chi connectivity index (χ3v) is 3.25. The van der Waals surface area contributed by atoms with Crippen LogP contribution < -0.4 is 15.2 Å². The van der Waals surface area contributed by atoms with Crippen molar-refractivity contribution in [1.29, 1.82) is 0 Å². The van der Waals surface area contributed by atoms with E-state index < -0.39 is 0 Å². The molecule has 0 saturated carbocycles. The molecule has 0 fully saturated rings. The second-order valence-electron chi connectivity index (χ2n) is 4.73. The van der Waals surface area contributed by atoms with E-state index in [9.17, 15) is 0 Å². The number of benzene rings is 2. The summed E-state index contributed by atoms with van der Waals surface area (Å²) in [6.07, 6.45) is 1.80. The van der Waals surface area contributed by atoms with Crippen molar-refractivity contribution in [3.8, 4) is 17.2 Å². The van der Waals surface area contributed by atoms with Gasteiger partial charge < -0.3 is 15.2 Å². The number of nitrogens with two attached hydrogens (primary N) is 1. The zero-order valence-electron chi connectivity index (χ0n) is 12.1. The van der Waals surface area contributed by atoms with Crippen molar-refractivity contribution in [3.05, 3.63) is 53.1 Å². The van der Waals surface area contributed by atoms with Crippen LogP contribution in [0.5, 0.6) is 17.2 Å². The van der Waals surface area contributed by atoms with Gasteiger partial charge in [-0.15, -0.1) is 0 Å². The zero-order valence-corrected chi connectivity index (χ0v) is 12.9. The lowest BCUT2D eigenvalue weighted by Crippen LogP contribution is -2.02. The number of halogens is 1. The van der Waals surface area contributed by atoms with Gasteiger partial charge in [0.05, 0.1) is 11.6 Å². The highest BCUT2D eigenvalue weighted by Crippen LogP contribution is 2.31. The van der Waals surface area contributed by atoms with Crippen LogP contribution in [0, 0.1) is 0 Å². The number of hydrogen-bond donors (Lipinski definition) is 1. The Hall–Kier alpha value is -1.71. The summed E-state index contributed by atoms with van der Waals surface area (Å²) in [7, 11) is 0. The molecule has 0 atom stereocenters. The van der Waals surface area contributed by atoms with Crippen molar-refractivity contribution in [3.63, 3.8) is 0 Å². The summed E-state index contributed by atoms with van der Waals surface area (Å²) in [6, 6.07) is 13.3. The molecule has 0 spiro atoms. The lowest BCUT2D eigenvalue weighted by molar-refractivity contribution is 0.317. The molecule has 0 radical (unpaired) electrons. The first kappa shape index (κ1) is 15.7. The molecule has 0 aliphatic rings. The molecule has 2 aromatic rings. The highest BCUT2D eigenvalue weighted by Gasteiger charge is 2.05. The van der Waals surface area contributed by atoms with Crippen LogP contribution in [0.4, 0.5) is 0 Å². The average molecular weight is 306 g/mol. The van der Waals surface area contributed by atoms with Crippen LogP contribution in [0.1, 0.15) is 18.9 Å². The number of hydrogen-bond acceptors (Lipinski definition) is 3. The van der Waals surface area contributed by atoms with E-state index in [2.05, 4.69) is 6.92 Å². The van der Waals surface area contributed by atoms with Gasteiger partial charge in [-0.2, -0.15) is 0 Å². The van der Waals surface area contributed by atoms with E-state index >= 15 is 0 Å². The Morgan fingerprint density at radius 1 is 1.05 bits per heavy atom. The van der Waals surface area contributed by atoms with E-state index in [4.69, 9.17) is 26.8 Å². The van der Waals surface area contributed by atoms with Crippen LogP contribution in [-0.4, -0.2) is 13.2 Å². The summed E-state index contributed by atoms with van der Waals surface area (Å²) in [5.41, 5.74) is 6.64. The molecular weight excluding hydrogens is 286 g/mol. The highest BCUT2D eigenvalue weighted by molar-refractivity contribution is 6.32. The van der Waals surface area contributed by atoms with Crippen LogP contribution in [0.3, 0.4) is 0 Å². The SMILES string of the molecule is CCCOc1ccc(Oc2ccc(CCN)cc2Cl)cc1. The lowest BCUT2D eigenvalue weighted by Gasteiger charge is -2.10. The summed E-state index contributed by atoms with van der Waals surface area (Å²) in [4.78, 5) is 0. The van der Waals surface area contributed by atoms with Gasteiger partial charge in [0.2, 0.25) is 0 Å². The normalized spacial score (nSPS) is 10.4. The molecule has 2 N–H and O–H groups in total. The third-order valence-electron chi connectivity index (χ3n) is 2.95. The van der Waals surface area contributed by atoms with E-state index in [0.29, 0.717) is 23.9 Å². The molecule has 0 heterocycles. The Labute approximate surface area is 130 Å². The molecule has 0 aromatic heterocycles. The number of ether oxygens (including phenoxy) is 2. The van der Waals surface area contributed by atoms with Gasteiger partial charge >= 0.3 is 0 Å². The third kappa shape index (κ3) is 4.66. The summed E-state index contributed by atoms with van der Waals surface area (Å²) < 4.78 is 11.3. The van der Waals surface area contributed by atoms with Crippen LogP contribution >= 0.6 is 11.6 Å². The maximum absolute atomic E-state index is 6.22. The van der Waals surface area contributed by atoms with Crippen molar-refractivity contribution < 1.29 is 9.47 Å². The first-order valence-corrected chi connectivity index (χ1v) is 7.50. The van der Waals surface area contributed by atoms with Crippen LogP contribution in [0.2, 0.25) is 5.02 Å². The Bertz CT molecular complexity index is 570. The molecule has 3 nitrogen and oxygen atoms in total. The minimum Gasteiger partial charge on any atom is -0.494 e. The van der Waals surface area contributed by atoms with Crippen LogP contribution in [0.25, 0.3) is 0 Å². The largest absolute Gasteiger partial charge is 0.494 e. The maximum Gasteiger partial charge on any atom is 0.146 e. The van der Waals surface area contributed by atoms with Crippen molar-refractivity contribution in [2.75, 3.05) is 13.2 Å². The Kier molecular flexibility index (Phi) is 5.90. The van der Waals surface area contributed by atoms with Gasteiger partial charge in [-0.05, 0) is 61.3 Å². The fourth-order valence-electron chi connectivity index (χ4n) is 1.90. The predicted octanol–water partition coefficient (Wildman–Crippen LogP) is 4.42. The molecule has 0 unspecified atom stereocenters. The van der Waals surface area contributed by atoms with Gasteiger partial charge in [-0.1, -0.05) is 24.6 Å². The van der Waals surface area contributed by atoms with E-state index in [0.717, 1.165) is 29.9 Å². The highest BCUT2D eigenvalue weighted by atomic mass is 35.5. The molecular formula is C17H20ClNO2. The Morgan fingerprint density at radius 2 is 1.76 bits per heavy atom. The minimum atomic E-state index is 0.590. The van der Waals surface area contributed by atoms with Gasteiger partial charge in [0, 0.05) is 0 Å². The van der Waals surface area contributed by atoms with Crippen molar-refractivity contribution in [2.24, 2.45) is 5.73 Å². The topological polar surface area (TPSA) is 44.5 Å². The average Bonchev–Trinajstić information content (AvgIpc) is 2.49. The van der Waals surface area contributed by atoms with E-state index in [-0.39, 0.29) is 0 Å². The molecule has 2 rings (SSSR count). The Morgan fingerprint density at radius 3 is 2.38 bits per heavy atom. The van der Waals surface area contributed by atoms with Gasteiger partial charge in [-0.25, -0.2) is 0 Å². The second kappa shape index (κ2) is 7.91. The van der Waals surface area contributed by atoms with Gasteiger partial charge in [-0.3, -0.25) is 0 Å². The molecule has 0 amide bonds. The summed E-state index contributed by atoms with van der Waals surface area (Å²) >= 11 is 6.22. The number of rotatable bonds is 7. The van der Waals surface area contributed by atoms with Crippen LogP contribution in [-0.2, 0) is 6.42 Å². The van der Waals surface area contributed by atoms with Crippen LogP contribution in [0.15, 0.2) is 42.5 Å². The molecule has 0 saturated heterocycles. The molecule has 0 bridgehead atoms. The van der Waals surface area contributed by atoms with Gasteiger partial charge in [0.1, 0.15) is 17.2 Å². The summed E-state index contributed by atoms with van der Waals surface area (Å²) in [5, 5.41) is 0.590. The summed E-state index contributed by atoms with van der Waals surface area (Å²) in [6.45, 7) is 3.40. The van der Waals surface area contributed by atoms with Crippen molar-refractivity contribution in [2.45, 2.75) is 19.8 Å². The molecule has 0 aliphatic heterocycles. The van der Waals surface area contributed by atoms with Gasteiger partial charge in [0.15, 0.2) is 0 Å². The van der Waals surface area contributed by atoms with Gasteiger partial charge in [0.25, 0.3) is 0 Å². The molecule has 0 aliphatic carbocycles. The van der Waals surface area contributed by atoms with E-state index in [1.54, 1.807) is 0 Å². The molecule has 2 aromatic carbocycles. The zero-order chi connectivity index (χ0) is 15.1. The monoisotopic (exact) mass is 305 g/mol. The lowest BCUT2D eigenvalue weighted by atomic mass is 10.1. The first-order chi connectivity index (χ1) is 10.2. The second-order valence-corrected chi connectivity index (χ2v) is 5.13. The first-order valence-electron chi connectivity index (χ1n) is 7.12. The molecule has 4 heteroatoms. The minimum absolute atomic E-state index is 0.590. The quantitative estimate of drug-likeness (QED) is 0.823. The smallest absolute Gasteiger partial charge is 0.146 e. The van der Waals surface area contributed by atoms with E-state index in [1.807, 2.05) is 42.5 Å². The maximum atomic E-state index is 6.22. The fourth-order valence-corrected chi connectivity index (χ4v) is 2.14. The Balaban J connectivity index is 2.04. The molecule has 21 heavy (non-hydrogen) atoms. The summed E-state index contributed by atoms with van der Waals surface area (Å²) in [5.74, 6) is 2.21. The predicted molar refractivity (Wildman–Crippen MR) is 86.5 cm³/mol. The van der Waals surface area contributed by atoms with Crippen molar-refractivity contribution in [1.82, 2.24) is 0 Å².